The van der Waals surface area contributed by atoms with Crippen LogP contribution in [-0.4, -0.2) is 23.0 Å². The largest absolute Gasteiger partial charge is 0.464 e. The lowest BCUT2D eigenvalue weighted by Crippen LogP contribution is -2.03. The van der Waals surface area contributed by atoms with Crippen molar-refractivity contribution in [2.24, 2.45) is 0 Å². The van der Waals surface area contributed by atoms with Crippen LogP contribution in [0.2, 0.25) is 0 Å². The minimum Gasteiger partial charge on any atom is -0.464 e. The third-order valence-electron chi connectivity index (χ3n) is 2.92. The second-order valence-corrected chi connectivity index (χ2v) is 4.20. The number of esters is 1. The van der Waals surface area contributed by atoms with E-state index in [0.29, 0.717) is 17.3 Å². The highest BCUT2D eigenvalue weighted by Gasteiger charge is 2.17. The lowest BCUT2D eigenvalue weighted by Gasteiger charge is -1.93. The Hall–Kier alpha value is -2.56. The molecule has 3 rings (SSSR count). The zero-order valence-electron chi connectivity index (χ0n) is 10.6. The van der Waals surface area contributed by atoms with E-state index >= 15 is 0 Å². The van der Waals surface area contributed by atoms with Crippen LogP contribution < -0.4 is 0 Å². The summed E-state index contributed by atoms with van der Waals surface area (Å²) in [5.41, 5.74) is 1.71. The molecule has 0 bridgehead atoms. The van der Waals surface area contributed by atoms with E-state index in [4.69, 9.17) is 4.42 Å². The minimum absolute atomic E-state index is 0.276. The smallest absolute Gasteiger partial charge is 0.358 e. The molecule has 2 aromatic heterocycles. The first-order chi connectivity index (χ1) is 9.19. The second kappa shape index (κ2) is 4.28. The molecule has 0 aliphatic carbocycles. The molecule has 3 aromatic rings. The van der Waals surface area contributed by atoms with Crippen molar-refractivity contribution in [1.29, 1.82) is 0 Å². The number of hydrogen-bond donors (Lipinski definition) is 1. The van der Waals surface area contributed by atoms with Crippen LogP contribution in [0.25, 0.3) is 22.6 Å². The number of nitrogens with one attached hydrogen (secondary N) is 1. The Kier molecular flexibility index (Phi) is 2.59. The molecule has 1 aromatic carbocycles. The summed E-state index contributed by atoms with van der Waals surface area (Å²) in [4.78, 5) is 18.8. The quantitative estimate of drug-likeness (QED) is 0.716. The molecule has 0 atom stereocenters. The number of aromatic amines is 1. The molecule has 0 saturated heterocycles. The standard InChI is InChI=1S/C14H12N2O3/c1-8-12(14(17)18-2)16-13(15-8)11-7-9-5-3-4-6-10(9)19-11/h3-7H,1-2H3,(H,15,16). The monoisotopic (exact) mass is 256 g/mol. The van der Waals surface area contributed by atoms with Gasteiger partial charge in [-0.25, -0.2) is 9.78 Å². The Morgan fingerprint density at radius 3 is 2.89 bits per heavy atom. The molecule has 19 heavy (non-hydrogen) atoms. The molecule has 2 heterocycles. The molecule has 0 radical (unpaired) electrons. The van der Waals surface area contributed by atoms with E-state index in [1.54, 1.807) is 6.92 Å². The van der Waals surface area contributed by atoms with E-state index in [9.17, 15) is 4.79 Å². The summed E-state index contributed by atoms with van der Waals surface area (Å²) in [6.07, 6.45) is 0. The van der Waals surface area contributed by atoms with Crippen LogP contribution in [0.3, 0.4) is 0 Å². The summed E-state index contributed by atoms with van der Waals surface area (Å²) in [6, 6.07) is 9.57. The van der Waals surface area contributed by atoms with Gasteiger partial charge in [0.1, 0.15) is 5.58 Å². The maximum Gasteiger partial charge on any atom is 0.358 e. The number of carbonyl (C=O) groups is 1. The van der Waals surface area contributed by atoms with E-state index in [1.807, 2.05) is 30.3 Å². The summed E-state index contributed by atoms with van der Waals surface area (Å²) < 4.78 is 10.4. The molecule has 5 heteroatoms. The number of rotatable bonds is 2. The van der Waals surface area contributed by atoms with Crippen LogP contribution in [0.15, 0.2) is 34.7 Å². The van der Waals surface area contributed by atoms with E-state index in [-0.39, 0.29) is 5.69 Å². The molecule has 0 fully saturated rings. The molecule has 0 spiro atoms. The molecule has 96 valence electrons. The summed E-state index contributed by atoms with van der Waals surface area (Å²) in [6.45, 7) is 1.77. The lowest BCUT2D eigenvalue weighted by atomic mass is 10.2. The number of benzene rings is 1. The summed E-state index contributed by atoms with van der Waals surface area (Å²) in [7, 11) is 1.33. The third kappa shape index (κ3) is 1.89. The number of nitrogens with zero attached hydrogens (tertiary/aromatic N) is 1. The summed E-state index contributed by atoms with van der Waals surface area (Å²) >= 11 is 0. The zero-order chi connectivity index (χ0) is 13.4. The number of ether oxygens (including phenoxy) is 1. The Bertz CT molecular complexity index is 722. The minimum atomic E-state index is -0.462. The molecular weight excluding hydrogens is 244 g/mol. The van der Waals surface area contributed by atoms with Gasteiger partial charge in [-0.05, 0) is 19.1 Å². The second-order valence-electron chi connectivity index (χ2n) is 4.20. The van der Waals surface area contributed by atoms with Crippen molar-refractivity contribution >= 4 is 16.9 Å². The maximum absolute atomic E-state index is 11.5. The van der Waals surface area contributed by atoms with Crippen LogP contribution in [0.4, 0.5) is 0 Å². The molecule has 0 aliphatic heterocycles. The van der Waals surface area contributed by atoms with Crippen LogP contribution in [0.5, 0.6) is 0 Å². The lowest BCUT2D eigenvalue weighted by molar-refractivity contribution is 0.0594. The van der Waals surface area contributed by atoms with E-state index < -0.39 is 5.97 Å². The highest BCUT2D eigenvalue weighted by atomic mass is 16.5. The number of hydrogen-bond acceptors (Lipinski definition) is 4. The Morgan fingerprint density at radius 2 is 2.16 bits per heavy atom. The summed E-state index contributed by atoms with van der Waals surface area (Å²) in [5.74, 6) is 0.657. The van der Waals surface area contributed by atoms with Gasteiger partial charge in [0.05, 0.1) is 7.11 Å². The predicted octanol–water partition coefficient (Wildman–Crippen LogP) is 2.92. The van der Waals surface area contributed by atoms with Gasteiger partial charge in [0.2, 0.25) is 0 Å². The van der Waals surface area contributed by atoms with Crippen molar-refractivity contribution in [1.82, 2.24) is 9.97 Å². The van der Waals surface area contributed by atoms with Crippen LogP contribution >= 0.6 is 0 Å². The average Bonchev–Trinajstić information content (AvgIpc) is 3.00. The summed E-state index contributed by atoms with van der Waals surface area (Å²) in [5, 5.41) is 0.992. The third-order valence-corrected chi connectivity index (χ3v) is 2.92. The maximum atomic E-state index is 11.5. The van der Waals surface area contributed by atoms with Crippen molar-refractivity contribution < 1.29 is 13.9 Å². The van der Waals surface area contributed by atoms with Crippen molar-refractivity contribution in [3.63, 3.8) is 0 Å². The first kappa shape index (κ1) is 11.5. The van der Waals surface area contributed by atoms with Crippen molar-refractivity contribution in [3.8, 4) is 11.6 Å². The average molecular weight is 256 g/mol. The molecule has 0 unspecified atom stereocenters. The number of aromatic nitrogens is 2. The Balaban J connectivity index is 2.09. The normalized spacial score (nSPS) is 10.8. The van der Waals surface area contributed by atoms with Crippen molar-refractivity contribution in [2.75, 3.05) is 7.11 Å². The van der Waals surface area contributed by atoms with E-state index in [0.717, 1.165) is 11.0 Å². The van der Waals surface area contributed by atoms with Gasteiger partial charge in [0.25, 0.3) is 0 Å². The van der Waals surface area contributed by atoms with Crippen molar-refractivity contribution in [3.05, 3.63) is 41.7 Å². The number of carbonyl (C=O) groups excluding carboxylic acids is 1. The topological polar surface area (TPSA) is 68.1 Å². The fourth-order valence-corrected chi connectivity index (χ4v) is 1.97. The number of H-pyrrole nitrogens is 1. The number of aryl methyl sites for hydroxylation is 1. The van der Waals surface area contributed by atoms with Crippen LogP contribution in [0, 0.1) is 6.92 Å². The number of fused-ring (bicyclic) bond motifs is 1. The first-order valence-electron chi connectivity index (χ1n) is 5.83. The molecule has 5 nitrogen and oxygen atoms in total. The molecular formula is C14H12N2O3. The van der Waals surface area contributed by atoms with E-state index in [1.165, 1.54) is 7.11 Å². The van der Waals surface area contributed by atoms with Crippen LogP contribution in [0.1, 0.15) is 16.2 Å². The molecule has 1 N–H and O–H groups in total. The zero-order valence-corrected chi connectivity index (χ0v) is 10.6. The Labute approximate surface area is 109 Å². The van der Waals surface area contributed by atoms with Gasteiger partial charge in [0.15, 0.2) is 17.3 Å². The van der Waals surface area contributed by atoms with Gasteiger partial charge >= 0.3 is 5.97 Å². The van der Waals surface area contributed by atoms with Crippen molar-refractivity contribution in [2.45, 2.75) is 6.92 Å². The number of methoxy groups -OCH3 is 1. The fourth-order valence-electron chi connectivity index (χ4n) is 1.97. The van der Waals surface area contributed by atoms with Gasteiger partial charge in [-0.1, -0.05) is 18.2 Å². The highest BCUT2D eigenvalue weighted by Crippen LogP contribution is 2.26. The molecule has 0 aliphatic rings. The Morgan fingerprint density at radius 1 is 1.37 bits per heavy atom. The number of para-hydroxylation sites is 1. The van der Waals surface area contributed by atoms with Gasteiger partial charge in [0, 0.05) is 11.1 Å². The molecule has 0 saturated carbocycles. The predicted molar refractivity (Wildman–Crippen MR) is 69.9 cm³/mol. The first-order valence-corrected chi connectivity index (χ1v) is 5.83. The number of furan rings is 1. The van der Waals surface area contributed by atoms with E-state index in [2.05, 4.69) is 14.7 Å². The van der Waals surface area contributed by atoms with Gasteiger partial charge in [-0.2, -0.15) is 0 Å². The van der Waals surface area contributed by atoms with Crippen LogP contribution in [-0.2, 0) is 4.74 Å². The highest BCUT2D eigenvalue weighted by molar-refractivity contribution is 5.89. The van der Waals surface area contributed by atoms with Gasteiger partial charge in [-0.3, -0.25) is 0 Å². The molecule has 0 amide bonds. The number of imidazole rings is 1. The van der Waals surface area contributed by atoms with Gasteiger partial charge < -0.3 is 14.1 Å². The van der Waals surface area contributed by atoms with Gasteiger partial charge in [-0.15, -0.1) is 0 Å². The SMILES string of the molecule is COC(=O)c1nc(-c2cc3ccccc3o2)[nH]c1C. The fraction of sp³-hybridized carbons (Fsp3) is 0.143.